The van der Waals surface area contributed by atoms with Gasteiger partial charge in [-0.25, -0.2) is 4.68 Å². The molecule has 0 spiro atoms. The third-order valence-electron chi connectivity index (χ3n) is 3.45. The number of carbonyl (C=O) groups is 1. The minimum Gasteiger partial charge on any atom is -0.305 e. The van der Waals surface area contributed by atoms with E-state index in [0.29, 0.717) is 11.4 Å². The molecule has 0 saturated carbocycles. The Morgan fingerprint density at radius 2 is 1.96 bits per heavy atom. The number of hydrogen-bond acceptors (Lipinski definition) is 4. The van der Waals surface area contributed by atoms with E-state index in [4.69, 9.17) is 0 Å². The third-order valence-corrected chi connectivity index (χ3v) is 3.45. The summed E-state index contributed by atoms with van der Waals surface area (Å²) in [7, 11) is 4.00. The molecule has 0 aliphatic carbocycles. The Balaban J connectivity index is 1.72. The zero-order chi connectivity index (χ0) is 16.9. The number of hydrogen-bond donors (Lipinski definition) is 1. The number of nitrogens with one attached hydrogen (secondary N) is 1. The normalized spacial score (nSPS) is 10.8. The molecule has 3 rings (SSSR count). The molecule has 0 aliphatic heterocycles. The number of pyridine rings is 1. The molecule has 0 aliphatic rings. The van der Waals surface area contributed by atoms with Gasteiger partial charge in [-0.2, -0.15) is 5.10 Å². The van der Waals surface area contributed by atoms with Crippen molar-refractivity contribution in [2.24, 2.45) is 0 Å². The second kappa shape index (κ2) is 7.06. The Labute approximate surface area is 140 Å². The van der Waals surface area contributed by atoms with Crippen molar-refractivity contribution in [1.82, 2.24) is 19.7 Å². The SMILES string of the molecule is CN(C)Cc1cccc(C(=O)Nc2ccn(-c3ccncc3)n2)c1. The van der Waals surface area contributed by atoms with Crippen molar-refractivity contribution in [3.8, 4) is 5.69 Å². The van der Waals surface area contributed by atoms with Crippen LogP contribution < -0.4 is 5.32 Å². The highest BCUT2D eigenvalue weighted by atomic mass is 16.1. The molecule has 6 nitrogen and oxygen atoms in total. The summed E-state index contributed by atoms with van der Waals surface area (Å²) < 4.78 is 1.69. The van der Waals surface area contributed by atoms with Gasteiger partial charge in [0.15, 0.2) is 5.82 Å². The summed E-state index contributed by atoms with van der Waals surface area (Å²) in [5, 5.41) is 7.19. The number of carbonyl (C=O) groups excluding carboxylic acids is 1. The van der Waals surface area contributed by atoms with Crippen LogP contribution in [-0.2, 0) is 6.54 Å². The van der Waals surface area contributed by atoms with Gasteiger partial charge in [0, 0.05) is 36.8 Å². The molecule has 122 valence electrons. The van der Waals surface area contributed by atoms with Crippen LogP contribution in [0.1, 0.15) is 15.9 Å². The zero-order valence-corrected chi connectivity index (χ0v) is 13.7. The molecule has 0 unspecified atom stereocenters. The fraction of sp³-hybridized carbons (Fsp3) is 0.167. The van der Waals surface area contributed by atoms with Gasteiger partial charge in [-0.15, -0.1) is 0 Å². The van der Waals surface area contributed by atoms with Gasteiger partial charge in [0.25, 0.3) is 5.91 Å². The van der Waals surface area contributed by atoms with Crippen molar-refractivity contribution < 1.29 is 4.79 Å². The van der Waals surface area contributed by atoms with E-state index in [1.165, 1.54) is 0 Å². The van der Waals surface area contributed by atoms with Gasteiger partial charge >= 0.3 is 0 Å². The van der Waals surface area contributed by atoms with Gasteiger partial charge in [-0.1, -0.05) is 12.1 Å². The van der Waals surface area contributed by atoms with E-state index < -0.39 is 0 Å². The third kappa shape index (κ3) is 3.85. The maximum atomic E-state index is 12.4. The van der Waals surface area contributed by atoms with Crippen LogP contribution in [0, 0.1) is 0 Å². The van der Waals surface area contributed by atoms with E-state index >= 15 is 0 Å². The van der Waals surface area contributed by atoms with Gasteiger partial charge < -0.3 is 10.2 Å². The number of anilines is 1. The first-order valence-corrected chi connectivity index (χ1v) is 7.63. The van der Waals surface area contributed by atoms with Crippen LogP contribution in [0.5, 0.6) is 0 Å². The topological polar surface area (TPSA) is 63.1 Å². The summed E-state index contributed by atoms with van der Waals surface area (Å²) in [4.78, 5) is 18.5. The Morgan fingerprint density at radius 3 is 2.71 bits per heavy atom. The van der Waals surface area contributed by atoms with Crippen LogP contribution in [0.4, 0.5) is 5.82 Å². The molecule has 0 bridgehead atoms. The van der Waals surface area contributed by atoms with E-state index in [9.17, 15) is 4.79 Å². The van der Waals surface area contributed by atoms with Crippen LogP contribution in [0.25, 0.3) is 5.69 Å². The smallest absolute Gasteiger partial charge is 0.256 e. The van der Waals surface area contributed by atoms with Crippen LogP contribution in [0.15, 0.2) is 61.1 Å². The molecule has 24 heavy (non-hydrogen) atoms. The maximum Gasteiger partial charge on any atom is 0.256 e. The van der Waals surface area contributed by atoms with Crippen molar-refractivity contribution in [3.63, 3.8) is 0 Å². The monoisotopic (exact) mass is 321 g/mol. The predicted molar refractivity (Wildman–Crippen MR) is 93.1 cm³/mol. The molecule has 6 heteroatoms. The Morgan fingerprint density at radius 1 is 1.17 bits per heavy atom. The molecule has 0 radical (unpaired) electrons. The maximum absolute atomic E-state index is 12.4. The van der Waals surface area contributed by atoms with E-state index in [-0.39, 0.29) is 5.91 Å². The summed E-state index contributed by atoms with van der Waals surface area (Å²) >= 11 is 0. The molecular weight excluding hydrogens is 302 g/mol. The van der Waals surface area contributed by atoms with Gasteiger partial charge in [0.2, 0.25) is 0 Å². The minimum absolute atomic E-state index is 0.171. The highest BCUT2D eigenvalue weighted by Gasteiger charge is 2.09. The summed E-state index contributed by atoms with van der Waals surface area (Å²) in [5.41, 5.74) is 2.60. The Hall–Kier alpha value is -2.99. The number of amides is 1. The summed E-state index contributed by atoms with van der Waals surface area (Å²) in [5.74, 6) is 0.338. The number of nitrogens with zero attached hydrogens (tertiary/aromatic N) is 4. The van der Waals surface area contributed by atoms with Crippen LogP contribution in [0.2, 0.25) is 0 Å². The predicted octanol–water partition coefficient (Wildman–Crippen LogP) is 2.58. The zero-order valence-electron chi connectivity index (χ0n) is 13.7. The second-order valence-electron chi connectivity index (χ2n) is 5.74. The summed E-state index contributed by atoms with van der Waals surface area (Å²) in [6, 6.07) is 13.1. The molecule has 0 fully saturated rings. The highest BCUT2D eigenvalue weighted by molar-refractivity contribution is 6.03. The molecule has 3 aromatic rings. The van der Waals surface area contributed by atoms with Gasteiger partial charge in [-0.3, -0.25) is 9.78 Å². The minimum atomic E-state index is -0.171. The standard InChI is InChI=1S/C18H19N5O/c1-22(2)13-14-4-3-5-15(12-14)18(24)20-17-8-11-23(21-17)16-6-9-19-10-7-16/h3-12H,13H2,1-2H3,(H,20,21,24). The molecule has 0 atom stereocenters. The van der Waals surface area contributed by atoms with Crippen molar-refractivity contribution in [1.29, 1.82) is 0 Å². The van der Waals surface area contributed by atoms with Crippen molar-refractivity contribution in [2.75, 3.05) is 19.4 Å². The lowest BCUT2D eigenvalue weighted by Gasteiger charge is -2.10. The molecule has 2 heterocycles. The lowest BCUT2D eigenvalue weighted by Crippen LogP contribution is -2.14. The quantitative estimate of drug-likeness (QED) is 0.784. The van der Waals surface area contributed by atoms with Crippen molar-refractivity contribution in [3.05, 3.63) is 72.2 Å². The fourth-order valence-corrected chi connectivity index (χ4v) is 2.40. The first kappa shape index (κ1) is 15.9. The number of aromatic nitrogens is 3. The first-order chi connectivity index (χ1) is 11.6. The Kier molecular flexibility index (Phi) is 4.67. The van der Waals surface area contributed by atoms with E-state index in [0.717, 1.165) is 17.8 Å². The lowest BCUT2D eigenvalue weighted by molar-refractivity contribution is 0.102. The van der Waals surface area contributed by atoms with Gasteiger partial charge in [0.1, 0.15) is 0 Å². The Bertz CT molecular complexity index is 826. The average Bonchev–Trinajstić information content (AvgIpc) is 3.04. The van der Waals surface area contributed by atoms with Crippen LogP contribution >= 0.6 is 0 Å². The van der Waals surface area contributed by atoms with Crippen molar-refractivity contribution in [2.45, 2.75) is 6.54 Å². The summed E-state index contributed by atoms with van der Waals surface area (Å²) in [6.07, 6.45) is 5.20. The highest BCUT2D eigenvalue weighted by Crippen LogP contribution is 2.12. The number of rotatable bonds is 5. The largest absolute Gasteiger partial charge is 0.305 e. The number of benzene rings is 1. The molecule has 2 aromatic heterocycles. The first-order valence-electron chi connectivity index (χ1n) is 7.63. The molecule has 1 amide bonds. The van der Waals surface area contributed by atoms with Crippen LogP contribution in [0.3, 0.4) is 0 Å². The lowest BCUT2D eigenvalue weighted by atomic mass is 10.1. The molecule has 1 N–H and O–H groups in total. The summed E-state index contributed by atoms with van der Waals surface area (Å²) in [6.45, 7) is 0.789. The van der Waals surface area contributed by atoms with E-state index in [2.05, 4.69) is 20.3 Å². The average molecular weight is 321 g/mol. The second-order valence-corrected chi connectivity index (χ2v) is 5.74. The van der Waals surface area contributed by atoms with Crippen LogP contribution in [-0.4, -0.2) is 39.7 Å². The fourth-order valence-electron chi connectivity index (χ4n) is 2.40. The molecule has 0 saturated heterocycles. The van der Waals surface area contributed by atoms with Gasteiger partial charge in [0.05, 0.1) is 5.69 Å². The van der Waals surface area contributed by atoms with E-state index in [1.807, 2.05) is 44.4 Å². The van der Waals surface area contributed by atoms with E-state index in [1.54, 1.807) is 35.4 Å². The van der Waals surface area contributed by atoms with Crippen molar-refractivity contribution >= 4 is 11.7 Å². The van der Waals surface area contributed by atoms with Gasteiger partial charge in [-0.05, 0) is 43.9 Å². The molecule has 1 aromatic carbocycles. The molecular formula is C18H19N5O.